The number of fused-ring (bicyclic) bond motifs is 1. The van der Waals surface area contributed by atoms with Gasteiger partial charge in [0.15, 0.2) is 0 Å². The van der Waals surface area contributed by atoms with Gasteiger partial charge in [0.1, 0.15) is 5.75 Å². The summed E-state index contributed by atoms with van der Waals surface area (Å²) < 4.78 is 6.57. The van der Waals surface area contributed by atoms with E-state index in [2.05, 4.69) is 18.0 Å². The maximum Gasteiger partial charge on any atom is 0.124 e. The van der Waals surface area contributed by atoms with Crippen LogP contribution in [0.4, 0.5) is 0 Å². The molecule has 0 aliphatic rings. The highest BCUT2D eigenvalue weighted by atomic mass is 32.1. The van der Waals surface area contributed by atoms with Gasteiger partial charge in [-0.3, -0.25) is 0 Å². The van der Waals surface area contributed by atoms with Gasteiger partial charge in [-0.2, -0.15) is 0 Å². The van der Waals surface area contributed by atoms with Crippen LogP contribution in [0.5, 0.6) is 5.75 Å². The minimum absolute atomic E-state index is 0.949. The van der Waals surface area contributed by atoms with E-state index in [-0.39, 0.29) is 0 Å². The molecule has 0 unspecified atom stereocenters. The highest BCUT2D eigenvalue weighted by molar-refractivity contribution is 7.18. The lowest BCUT2D eigenvalue weighted by molar-refractivity contribution is 0.411. The van der Waals surface area contributed by atoms with Gasteiger partial charge in [-0.1, -0.05) is 6.92 Å². The number of aromatic nitrogens is 1. The molecule has 1 aromatic carbocycles. The summed E-state index contributed by atoms with van der Waals surface area (Å²) in [5.41, 5.74) is 2.32. The molecular weight excluding hydrogens is 194 g/mol. The Bertz CT molecular complexity index is 462. The highest BCUT2D eigenvalue weighted by Gasteiger charge is 2.09. The van der Waals surface area contributed by atoms with Crippen LogP contribution in [0.15, 0.2) is 12.1 Å². The molecule has 3 heteroatoms. The summed E-state index contributed by atoms with van der Waals surface area (Å²) >= 11 is 1.73. The Morgan fingerprint density at radius 3 is 2.86 bits per heavy atom. The third-order valence-electron chi connectivity index (χ3n) is 2.30. The van der Waals surface area contributed by atoms with Gasteiger partial charge in [-0.15, -0.1) is 11.3 Å². The normalized spacial score (nSPS) is 10.8. The van der Waals surface area contributed by atoms with Crippen LogP contribution in [-0.4, -0.2) is 12.1 Å². The Kier molecular flexibility index (Phi) is 2.42. The lowest BCUT2D eigenvalue weighted by Crippen LogP contribution is -1.91. The van der Waals surface area contributed by atoms with Gasteiger partial charge >= 0.3 is 0 Å². The van der Waals surface area contributed by atoms with Gasteiger partial charge in [0.05, 0.1) is 22.3 Å². The van der Waals surface area contributed by atoms with Crippen LogP contribution in [0.1, 0.15) is 17.5 Å². The molecule has 0 bridgehead atoms. The molecule has 1 aromatic heterocycles. The molecule has 0 saturated carbocycles. The fraction of sp³-hybridized carbons (Fsp3) is 0.364. The fourth-order valence-electron chi connectivity index (χ4n) is 1.67. The zero-order valence-electron chi connectivity index (χ0n) is 8.63. The van der Waals surface area contributed by atoms with Crippen molar-refractivity contribution in [3.8, 4) is 5.75 Å². The Balaban J connectivity index is 2.75. The summed E-state index contributed by atoms with van der Waals surface area (Å²) in [6.07, 6.45) is 0.962. The topological polar surface area (TPSA) is 22.1 Å². The van der Waals surface area contributed by atoms with E-state index in [0.29, 0.717) is 0 Å². The number of rotatable bonds is 2. The number of nitrogens with zero attached hydrogens (tertiary/aromatic N) is 1. The lowest BCUT2D eigenvalue weighted by Gasteiger charge is -2.06. The van der Waals surface area contributed by atoms with Gasteiger partial charge in [-0.05, 0) is 25.5 Å². The lowest BCUT2D eigenvalue weighted by atomic mass is 10.1. The van der Waals surface area contributed by atoms with Gasteiger partial charge < -0.3 is 4.74 Å². The molecular formula is C11H13NOS. The van der Waals surface area contributed by atoms with Crippen LogP contribution in [0.3, 0.4) is 0 Å². The van der Waals surface area contributed by atoms with Crippen molar-refractivity contribution in [2.24, 2.45) is 0 Å². The molecule has 0 amide bonds. The van der Waals surface area contributed by atoms with Crippen LogP contribution in [0, 0.1) is 6.92 Å². The van der Waals surface area contributed by atoms with Crippen LogP contribution in [0.25, 0.3) is 10.2 Å². The van der Waals surface area contributed by atoms with Crippen molar-refractivity contribution >= 4 is 21.6 Å². The third-order valence-corrected chi connectivity index (χ3v) is 3.24. The first-order valence-corrected chi connectivity index (χ1v) is 5.51. The van der Waals surface area contributed by atoms with E-state index in [9.17, 15) is 0 Å². The summed E-state index contributed by atoms with van der Waals surface area (Å²) in [4.78, 5) is 4.53. The molecule has 2 rings (SSSR count). The van der Waals surface area contributed by atoms with E-state index in [0.717, 1.165) is 22.7 Å². The van der Waals surface area contributed by atoms with Crippen molar-refractivity contribution in [1.82, 2.24) is 4.98 Å². The number of ether oxygens (including phenoxy) is 1. The van der Waals surface area contributed by atoms with Crippen LogP contribution < -0.4 is 4.74 Å². The molecule has 14 heavy (non-hydrogen) atoms. The zero-order valence-corrected chi connectivity index (χ0v) is 9.44. The molecule has 2 nitrogen and oxygen atoms in total. The second-order valence-electron chi connectivity index (χ2n) is 3.18. The van der Waals surface area contributed by atoms with Gasteiger partial charge in [0.2, 0.25) is 0 Å². The number of aryl methyl sites for hydroxylation is 2. The van der Waals surface area contributed by atoms with Crippen LogP contribution >= 0.6 is 11.3 Å². The van der Waals surface area contributed by atoms with Crippen LogP contribution in [0.2, 0.25) is 0 Å². The predicted octanol–water partition coefficient (Wildman–Crippen LogP) is 3.18. The van der Waals surface area contributed by atoms with E-state index in [1.165, 1.54) is 10.3 Å². The van der Waals surface area contributed by atoms with E-state index < -0.39 is 0 Å². The highest BCUT2D eigenvalue weighted by Crippen LogP contribution is 2.31. The number of thiazole rings is 1. The molecule has 74 valence electrons. The number of methoxy groups -OCH3 is 1. The molecule has 1 heterocycles. The van der Waals surface area contributed by atoms with Crippen molar-refractivity contribution in [2.45, 2.75) is 20.3 Å². The molecule has 0 spiro atoms. The molecule has 0 N–H and O–H groups in total. The maximum atomic E-state index is 5.32. The monoisotopic (exact) mass is 207 g/mol. The number of hydrogen-bond acceptors (Lipinski definition) is 3. The molecule has 0 radical (unpaired) electrons. The summed E-state index contributed by atoms with van der Waals surface area (Å²) in [5.74, 6) is 0.949. The molecule has 0 aliphatic carbocycles. The maximum absolute atomic E-state index is 5.32. The third kappa shape index (κ3) is 1.38. The van der Waals surface area contributed by atoms with E-state index >= 15 is 0 Å². The van der Waals surface area contributed by atoms with Crippen molar-refractivity contribution < 1.29 is 4.74 Å². The van der Waals surface area contributed by atoms with E-state index in [1.54, 1.807) is 18.4 Å². The van der Waals surface area contributed by atoms with Gasteiger partial charge in [0, 0.05) is 5.56 Å². The largest absolute Gasteiger partial charge is 0.496 e. The minimum atomic E-state index is 0.949. The minimum Gasteiger partial charge on any atom is -0.496 e. The van der Waals surface area contributed by atoms with E-state index in [1.807, 2.05) is 13.0 Å². The van der Waals surface area contributed by atoms with Crippen molar-refractivity contribution in [2.75, 3.05) is 7.11 Å². The van der Waals surface area contributed by atoms with E-state index in [4.69, 9.17) is 4.74 Å². The molecule has 0 fully saturated rings. The molecule has 0 atom stereocenters. The average molecular weight is 207 g/mol. The van der Waals surface area contributed by atoms with Crippen LogP contribution in [-0.2, 0) is 6.42 Å². The van der Waals surface area contributed by atoms with Gasteiger partial charge in [0.25, 0.3) is 0 Å². The fourth-order valence-corrected chi connectivity index (χ4v) is 2.53. The Morgan fingerprint density at radius 1 is 1.43 bits per heavy atom. The Labute approximate surface area is 87.5 Å². The summed E-state index contributed by atoms with van der Waals surface area (Å²) in [5, 5.41) is 1.11. The number of benzene rings is 1. The first-order chi connectivity index (χ1) is 6.76. The quantitative estimate of drug-likeness (QED) is 0.754. The Hall–Kier alpha value is -1.09. The summed E-state index contributed by atoms with van der Waals surface area (Å²) in [6.45, 7) is 4.17. The first kappa shape index (κ1) is 9.46. The second kappa shape index (κ2) is 3.58. The second-order valence-corrected chi connectivity index (χ2v) is 4.41. The SMILES string of the molecule is CCc1c(OC)ccc2sc(C)nc12. The smallest absolute Gasteiger partial charge is 0.124 e. The van der Waals surface area contributed by atoms with Crippen molar-refractivity contribution in [3.05, 3.63) is 22.7 Å². The van der Waals surface area contributed by atoms with Gasteiger partial charge in [-0.25, -0.2) is 4.98 Å². The zero-order chi connectivity index (χ0) is 10.1. The first-order valence-electron chi connectivity index (χ1n) is 4.69. The summed E-state index contributed by atoms with van der Waals surface area (Å²) in [6, 6.07) is 4.11. The van der Waals surface area contributed by atoms with Crippen molar-refractivity contribution in [3.63, 3.8) is 0 Å². The molecule has 2 aromatic rings. The predicted molar refractivity (Wildman–Crippen MR) is 60.3 cm³/mol. The molecule has 0 saturated heterocycles. The number of hydrogen-bond donors (Lipinski definition) is 0. The standard InChI is InChI=1S/C11H13NOS/c1-4-8-9(13-3)5-6-10-11(8)12-7(2)14-10/h5-6H,4H2,1-3H3. The summed E-state index contributed by atoms with van der Waals surface area (Å²) in [7, 11) is 1.71. The Morgan fingerprint density at radius 2 is 2.21 bits per heavy atom. The van der Waals surface area contributed by atoms with Crippen molar-refractivity contribution in [1.29, 1.82) is 0 Å². The average Bonchev–Trinajstić information content (AvgIpc) is 2.56. The molecule has 0 aliphatic heterocycles.